The third kappa shape index (κ3) is 4.35. The highest BCUT2D eigenvalue weighted by atomic mass is 16.6. The number of oxime groups is 1. The molecule has 5 rings (SSSR count). The van der Waals surface area contributed by atoms with E-state index in [9.17, 15) is 5.11 Å². The first-order chi connectivity index (χ1) is 15.9. The van der Waals surface area contributed by atoms with Crippen LogP contribution in [0.4, 0.5) is 0 Å². The SMILES string of the molecule is C/C(=N\OCCN1CCCCCC1)C1=CCC2C3CC=C4CC(O)CCC4(C)C3CCC12C. The van der Waals surface area contributed by atoms with Crippen LogP contribution >= 0.6 is 0 Å². The molecule has 0 spiro atoms. The zero-order chi connectivity index (χ0) is 23.1. The Labute approximate surface area is 201 Å². The van der Waals surface area contributed by atoms with Crippen LogP contribution in [0.25, 0.3) is 0 Å². The Balaban J connectivity index is 1.22. The summed E-state index contributed by atoms with van der Waals surface area (Å²) in [4.78, 5) is 8.39. The van der Waals surface area contributed by atoms with Gasteiger partial charge >= 0.3 is 0 Å². The molecule has 4 nitrogen and oxygen atoms in total. The lowest BCUT2D eigenvalue weighted by Crippen LogP contribution is -2.50. The molecule has 0 aromatic carbocycles. The first-order valence-electron chi connectivity index (χ1n) is 13.9. The van der Waals surface area contributed by atoms with Crippen LogP contribution in [0.15, 0.2) is 28.5 Å². The molecule has 4 aliphatic carbocycles. The fraction of sp³-hybridized carbons (Fsp3) is 0.828. The van der Waals surface area contributed by atoms with Crippen LogP contribution in [0.1, 0.15) is 91.4 Å². The molecule has 6 atom stereocenters. The smallest absolute Gasteiger partial charge is 0.129 e. The van der Waals surface area contributed by atoms with Crippen LogP contribution in [0.5, 0.6) is 0 Å². The minimum Gasteiger partial charge on any atom is -0.394 e. The highest BCUT2D eigenvalue weighted by Gasteiger charge is 2.56. The Morgan fingerprint density at radius 2 is 1.79 bits per heavy atom. The van der Waals surface area contributed by atoms with Crippen LogP contribution < -0.4 is 0 Å². The Kier molecular flexibility index (Phi) is 6.79. The van der Waals surface area contributed by atoms with Crippen molar-refractivity contribution in [2.24, 2.45) is 33.7 Å². The third-order valence-electron chi connectivity index (χ3n) is 10.4. The number of aliphatic hydroxyl groups is 1. The quantitative estimate of drug-likeness (QED) is 0.236. The predicted octanol–water partition coefficient (Wildman–Crippen LogP) is 6.11. The van der Waals surface area contributed by atoms with Crippen molar-refractivity contribution in [3.63, 3.8) is 0 Å². The molecule has 0 aromatic rings. The maximum atomic E-state index is 10.2. The van der Waals surface area contributed by atoms with Gasteiger partial charge in [0.25, 0.3) is 0 Å². The molecule has 184 valence electrons. The van der Waals surface area contributed by atoms with Gasteiger partial charge in [-0.05, 0) is 112 Å². The molecule has 0 amide bonds. The summed E-state index contributed by atoms with van der Waals surface area (Å²) < 4.78 is 0. The fourth-order valence-corrected chi connectivity index (χ4v) is 8.49. The number of nitrogens with zero attached hydrogens (tertiary/aromatic N) is 2. The molecule has 2 saturated carbocycles. The van der Waals surface area contributed by atoms with Crippen molar-refractivity contribution < 1.29 is 9.94 Å². The minimum atomic E-state index is -0.118. The molecule has 1 aliphatic heterocycles. The van der Waals surface area contributed by atoms with Gasteiger partial charge in [-0.1, -0.05) is 49.6 Å². The summed E-state index contributed by atoms with van der Waals surface area (Å²) in [5.41, 5.74) is 4.67. The van der Waals surface area contributed by atoms with Gasteiger partial charge in [-0.25, -0.2) is 0 Å². The van der Waals surface area contributed by atoms with Crippen molar-refractivity contribution in [2.45, 2.75) is 97.5 Å². The van der Waals surface area contributed by atoms with E-state index in [0.717, 1.165) is 49.3 Å². The second kappa shape index (κ2) is 9.49. The zero-order valence-corrected chi connectivity index (χ0v) is 21.3. The number of fused-ring (bicyclic) bond motifs is 5. The molecular formula is C29H46N2O2. The van der Waals surface area contributed by atoms with Gasteiger partial charge in [0.2, 0.25) is 0 Å². The van der Waals surface area contributed by atoms with Gasteiger partial charge in [-0.3, -0.25) is 4.90 Å². The van der Waals surface area contributed by atoms with Gasteiger partial charge in [0, 0.05) is 6.54 Å². The van der Waals surface area contributed by atoms with Gasteiger partial charge in [0.15, 0.2) is 0 Å². The Bertz CT molecular complexity index is 808. The summed E-state index contributed by atoms with van der Waals surface area (Å²) in [6.45, 7) is 11.3. The van der Waals surface area contributed by atoms with Crippen molar-refractivity contribution in [3.8, 4) is 0 Å². The van der Waals surface area contributed by atoms with Crippen LogP contribution in [0.2, 0.25) is 0 Å². The molecule has 3 fully saturated rings. The number of hydrogen-bond donors (Lipinski definition) is 1. The molecular weight excluding hydrogens is 408 g/mol. The van der Waals surface area contributed by atoms with Crippen LogP contribution in [-0.2, 0) is 4.84 Å². The van der Waals surface area contributed by atoms with E-state index in [2.05, 4.69) is 43.0 Å². The normalized spacial score (nSPS) is 41.9. The van der Waals surface area contributed by atoms with Gasteiger partial charge in [0.1, 0.15) is 6.61 Å². The second-order valence-corrected chi connectivity index (χ2v) is 12.2. The number of likely N-dealkylation sites (tertiary alicyclic amines) is 1. The monoisotopic (exact) mass is 454 g/mol. The zero-order valence-electron chi connectivity index (χ0n) is 21.3. The Morgan fingerprint density at radius 3 is 2.58 bits per heavy atom. The second-order valence-electron chi connectivity index (χ2n) is 12.2. The largest absolute Gasteiger partial charge is 0.394 e. The minimum absolute atomic E-state index is 0.118. The summed E-state index contributed by atoms with van der Waals surface area (Å²) in [7, 11) is 0. The molecule has 33 heavy (non-hydrogen) atoms. The summed E-state index contributed by atoms with van der Waals surface area (Å²) in [5, 5.41) is 14.9. The first kappa shape index (κ1) is 23.6. The van der Waals surface area contributed by atoms with E-state index in [1.807, 2.05) is 0 Å². The van der Waals surface area contributed by atoms with E-state index in [0.29, 0.717) is 12.0 Å². The van der Waals surface area contributed by atoms with E-state index < -0.39 is 0 Å². The van der Waals surface area contributed by atoms with Crippen molar-refractivity contribution in [3.05, 3.63) is 23.3 Å². The summed E-state index contributed by atoms with van der Waals surface area (Å²) >= 11 is 0. The Morgan fingerprint density at radius 1 is 1.03 bits per heavy atom. The molecule has 0 bridgehead atoms. The van der Waals surface area contributed by atoms with Crippen molar-refractivity contribution in [2.75, 3.05) is 26.2 Å². The number of rotatable bonds is 5. The van der Waals surface area contributed by atoms with Gasteiger partial charge in [0.05, 0.1) is 11.8 Å². The molecule has 4 heteroatoms. The van der Waals surface area contributed by atoms with Crippen LogP contribution in [-0.4, -0.2) is 48.1 Å². The summed E-state index contributed by atoms with van der Waals surface area (Å²) in [6.07, 6.45) is 18.3. The molecule has 0 aromatic heterocycles. The first-order valence-corrected chi connectivity index (χ1v) is 13.9. The van der Waals surface area contributed by atoms with E-state index in [1.165, 1.54) is 70.0 Å². The standard InChI is InChI=1S/C29H46N2O2/c1-21(30-33-19-18-31-16-6-4-5-7-17-31)25-10-11-26-24-9-8-22-20-23(32)12-14-28(22,2)27(24)13-15-29(25,26)3/h8,10,23-24,26-27,32H,4-7,9,11-20H2,1-3H3/b30-21+. The van der Waals surface area contributed by atoms with E-state index in [-0.39, 0.29) is 11.5 Å². The van der Waals surface area contributed by atoms with Crippen LogP contribution in [0, 0.1) is 28.6 Å². The van der Waals surface area contributed by atoms with Crippen LogP contribution in [0.3, 0.4) is 0 Å². The van der Waals surface area contributed by atoms with Crippen molar-refractivity contribution in [1.29, 1.82) is 0 Å². The molecule has 1 N–H and O–H groups in total. The average molecular weight is 455 g/mol. The highest BCUT2D eigenvalue weighted by molar-refractivity contribution is 5.99. The summed E-state index contributed by atoms with van der Waals surface area (Å²) in [6, 6.07) is 0. The van der Waals surface area contributed by atoms with Crippen molar-refractivity contribution >= 4 is 5.71 Å². The maximum absolute atomic E-state index is 10.2. The maximum Gasteiger partial charge on any atom is 0.129 e. The van der Waals surface area contributed by atoms with E-state index in [4.69, 9.17) is 4.84 Å². The Hall–Kier alpha value is -1.13. The number of hydrogen-bond acceptors (Lipinski definition) is 4. The lowest BCUT2D eigenvalue weighted by Gasteiger charge is -2.57. The van der Waals surface area contributed by atoms with Gasteiger partial charge < -0.3 is 9.94 Å². The van der Waals surface area contributed by atoms with Gasteiger partial charge in [-0.15, -0.1) is 0 Å². The third-order valence-corrected chi connectivity index (χ3v) is 10.4. The molecule has 0 radical (unpaired) electrons. The summed E-state index contributed by atoms with van der Waals surface area (Å²) in [5.74, 6) is 2.26. The topological polar surface area (TPSA) is 45.1 Å². The van der Waals surface area contributed by atoms with E-state index in [1.54, 1.807) is 5.57 Å². The molecule has 1 heterocycles. The molecule has 6 unspecified atom stereocenters. The van der Waals surface area contributed by atoms with E-state index >= 15 is 0 Å². The average Bonchev–Trinajstić information content (AvgIpc) is 2.96. The fourth-order valence-electron chi connectivity index (χ4n) is 8.49. The lowest BCUT2D eigenvalue weighted by atomic mass is 9.47. The lowest BCUT2D eigenvalue weighted by molar-refractivity contribution is -0.0280. The highest BCUT2D eigenvalue weighted by Crippen LogP contribution is 2.65. The predicted molar refractivity (Wildman–Crippen MR) is 135 cm³/mol. The molecule has 1 saturated heterocycles. The van der Waals surface area contributed by atoms with Crippen molar-refractivity contribution in [1.82, 2.24) is 4.90 Å². The number of allylic oxidation sites excluding steroid dienone is 3. The molecule has 5 aliphatic rings. The number of aliphatic hydroxyl groups excluding tert-OH is 1. The van der Waals surface area contributed by atoms with Gasteiger partial charge in [-0.2, -0.15) is 0 Å².